The van der Waals surface area contributed by atoms with Crippen molar-refractivity contribution in [3.05, 3.63) is 71.0 Å². The number of aliphatic hydroxyl groups excluding tert-OH is 1. The maximum atomic E-state index is 13.1. The van der Waals surface area contributed by atoms with E-state index in [0.29, 0.717) is 11.3 Å². The van der Waals surface area contributed by atoms with Crippen LogP contribution in [0, 0.1) is 0 Å². The number of methoxy groups -OCH3 is 1. The first kappa shape index (κ1) is 19.5. The van der Waals surface area contributed by atoms with E-state index in [1.807, 2.05) is 0 Å². The molecule has 1 amide bonds. The number of anilines is 1. The summed E-state index contributed by atoms with van der Waals surface area (Å²) in [4.78, 5) is 25.7. The molecule has 8 heteroatoms. The molecule has 0 saturated carbocycles. The Balaban J connectivity index is 2.16. The molecule has 1 aliphatic heterocycles. The van der Waals surface area contributed by atoms with Crippen LogP contribution in [0.5, 0.6) is 5.75 Å². The molecule has 1 heterocycles. The third-order valence-corrected chi connectivity index (χ3v) is 4.47. The third-order valence-electron chi connectivity index (χ3n) is 4.47. The first-order valence-corrected chi connectivity index (χ1v) is 8.24. The fraction of sp³-hybridized carbons (Fsp3) is 0.200. The largest absolute Gasteiger partial charge is 0.503 e. The number of Topliss-reactive ketones (excluding diaryl/α,β-unsaturated/α-hetero) is 1. The van der Waals surface area contributed by atoms with E-state index in [2.05, 4.69) is 0 Å². The number of nitrogens with zero attached hydrogens (tertiary/aromatic N) is 1. The van der Waals surface area contributed by atoms with Gasteiger partial charge >= 0.3 is 6.18 Å². The Morgan fingerprint density at radius 2 is 1.79 bits per heavy atom. The molecule has 5 nitrogen and oxygen atoms in total. The lowest BCUT2D eigenvalue weighted by Gasteiger charge is -2.27. The molecule has 0 aliphatic carbocycles. The number of carbonyl (C=O) groups is 2. The van der Waals surface area contributed by atoms with E-state index in [9.17, 15) is 27.9 Å². The SMILES string of the molecule is COc1ccc([C@@H]2C(C(C)=O)=C(O)C(=O)N2c2cccc(C(F)(F)F)c2)cc1. The van der Waals surface area contributed by atoms with Gasteiger partial charge in [0.25, 0.3) is 5.91 Å². The van der Waals surface area contributed by atoms with E-state index in [1.54, 1.807) is 24.3 Å². The van der Waals surface area contributed by atoms with Gasteiger partial charge < -0.3 is 9.84 Å². The van der Waals surface area contributed by atoms with Crippen LogP contribution < -0.4 is 9.64 Å². The number of amides is 1. The Morgan fingerprint density at radius 3 is 2.32 bits per heavy atom. The molecule has 1 N–H and O–H groups in total. The lowest BCUT2D eigenvalue weighted by Crippen LogP contribution is -2.31. The molecule has 1 aliphatic rings. The van der Waals surface area contributed by atoms with Crippen molar-refractivity contribution in [3.8, 4) is 5.75 Å². The topological polar surface area (TPSA) is 66.8 Å². The number of carbonyl (C=O) groups excluding carboxylic acids is 2. The second-order valence-corrected chi connectivity index (χ2v) is 6.22. The molecule has 0 spiro atoms. The molecule has 3 rings (SSSR count). The fourth-order valence-corrected chi connectivity index (χ4v) is 3.16. The van der Waals surface area contributed by atoms with Gasteiger partial charge in [0.05, 0.1) is 24.3 Å². The summed E-state index contributed by atoms with van der Waals surface area (Å²) in [7, 11) is 1.47. The van der Waals surface area contributed by atoms with E-state index >= 15 is 0 Å². The minimum absolute atomic E-state index is 0.0801. The third kappa shape index (κ3) is 3.33. The molecule has 1 atom stereocenters. The molecule has 2 aromatic carbocycles. The van der Waals surface area contributed by atoms with Crippen LogP contribution in [0.4, 0.5) is 18.9 Å². The normalized spacial score (nSPS) is 17.2. The summed E-state index contributed by atoms with van der Waals surface area (Å²) in [5.74, 6) is -1.74. The van der Waals surface area contributed by atoms with Crippen molar-refractivity contribution in [3.63, 3.8) is 0 Å². The number of hydrogen-bond acceptors (Lipinski definition) is 4. The van der Waals surface area contributed by atoms with E-state index in [-0.39, 0.29) is 11.3 Å². The molecule has 2 aromatic rings. The standard InChI is InChI=1S/C20H16F3NO4/c1-11(25)16-17(12-6-8-15(28-2)9-7-12)24(19(27)18(16)26)14-5-3-4-13(10-14)20(21,22)23/h3-10,17,26H,1-2H3/t17-/m1/s1. The number of hydrogen-bond donors (Lipinski definition) is 1. The highest BCUT2D eigenvalue weighted by Gasteiger charge is 2.44. The predicted molar refractivity (Wildman–Crippen MR) is 95.0 cm³/mol. The first-order chi connectivity index (χ1) is 13.1. The highest BCUT2D eigenvalue weighted by atomic mass is 19.4. The lowest BCUT2D eigenvalue weighted by molar-refractivity contribution is -0.137. The molecule has 0 unspecified atom stereocenters. The second-order valence-electron chi connectivity index (χ2n) is 6.22. The van der Waals surface area contributed by atoms with Crippen molar-refractivity contribution in [2.24, 2.45) is 0 Å². The minimum Gasteiger partial charge on any atom is -0.503 e. The van der Waals surface area contributed by atoms with Gasteiger partial charge in [-0.1, -0.05) is 18.2 Å². The van der Waals surface area contributed by atoms with Gasteiger partial charge in [0.15, 0.2) is 11.5 Å². The summed E-state index contributed by atoms with van der Waals surface area (Å²) < 4.78 is 44.4. The van der Waals surface area contributed by atoms with Crippen LogP contribution in [0.2, 0.25) is 0 Å². The molecule has 0 bridgehead atoms. The van der Waals surface area contributed by atoms with Crippen LogP contribution >= 0.6 is 0 Å². The number of ether oxygens (including phenoxy) is 1. The summed E-state index contributed by atoms with van der Waals surface area (Å²) >= 11 is 0. The van der Waals surface area contributed by atoms with Crippen LogP contribution in [0.3, 0.4) is 0 Å². The predicted octanol–water partition coefficient (Wildman–Crippen LogP) is 4.20. The van der Waals surface area contributed by atoms with E-state index in [1.165, 1.54) is 26.2 Å². The highest BCUT2D eigenvalue weighted by Crippen LogP contribution is 2.42. The minimum atomic E-state index is -4.60. The van der Waals surface area contributed by atoms with Gasteiger partial charge in [-0.3, -0.25) is 14.5 Å². The molecular formula is C20H16F3NO4. The van der Waals surface area contributed by atoms with Crippen molar-refractivity contribution >= 4 is 17.4 Å². The zero-order chi connectivity index (χ0) is 20.6. The summed E-state index contributed by atoms with van der Waals surface area (Å²) in [6.07, 6.45) is -4.60. The van der Waals surface area contributed by atoms with Crippen molar-refractivity contribution in [1.82, 2.24) is 0 Å². The van der Waals surface area contributed by atoms with Crippen LogP contribution in [0.25, 0.3) is 0 Å². The molecule has 28 heavy (non-hydrogen) atoms. The Hall–Kier alpha value is -3.29. The average Bonchev–Trinajstić information content (AvgIpc) is 2.92. The number of halogens is 3. The van der Waals surface area contributed by atoms with Crippen LogP contribution in [-0.2, 0) is 15.8 Å². The monoisotopic (exact) mass is 391 g/mol. The van der Waals surface area contributed by atoms with Gasteiger partial charge in [0.2, 0.25) is 0 Å². The fourth-order valence-electron chi connectivity index (χ4n) is 3.16. The van der Waals surface area contributed by atoms with E-state index < -0.39 is 35.2 Å². The Labute approximate surface area is 158 Å². The van der Waals surface area contributed by atoms with Gasteiger partial charge in [-0.05, 0) is 42.8 Å². The van der Waals surface area contributed by atoms with Crippen LogP contribution in [0.1, 0.15) is 24.1 Å². The molecule has 0 saturated heterocycles. The quantitative estimate of drug-likeness (QED) is 0.848. The summed E-state index contributed by atoms with van der Waals surface area (Å²) in [6, 6.07) is 9.47. The van der Waals surface area contributed by atoms with Gasteiger partial charge in [-0.15, -0.1) is 0 Å². The van der Waals surface area contributed by atoms with E-state index in [4.69, 9.17) is 4.74 Å². The number of ketones is 1. The maximum Gasteiger partial charge on any atom is 0.416 e. The second kappa shape index (κ2) is 7.03. The summed E-state index contributed by atoms with van der Waals surface area (Å²) in [5.41, 5.74) is -0.751. The van der Waals surface area contributed by atoms with Crippen molar-refractivity contribution in [1.29, 1.82) is 0 Å². The molecule has 0 aromatic heterocycles. The van der Waals surface area contributed by atoms with Gasteiger partial charge in [-0.25, -0.2) is 0 Å². The molecule has 0 radical (unpaired) electrons. The Bertz CT molecular complexity index is 964. The number of alkyl halides is 3. The van der Waals surface area contributed by atoms with Gasteiger partial charge in [-0.2, -0.15) is 13.2 Å². The highest BCUT2D eigenvalue weighted by molar-refractivity contribution is 6.16. The molecular weight excluding hydrogens is 375 g/mol. The van der Waals surface area contributed by atoms with Gasteiger partial charge in [0, 0.05) is 5.69 Å². The van der Waals surface area contributed by atoms with Crippen molar-refractivity contribution in [2.75, 3.05) is 12.0 Å². The Kier molecular flexibility index (Phi) is 4.89. The number of aliphatic hydroxyl groups is 1. The summed E-state index contributed by atoms with van der Waals surface area (Å²) in [5, 5.41) is 10.2. The van der Waals surface area contributed by atoms with E-state index in [0.717, 1.165) is 17.0 Å². The zero-order valence-electron chi connectivity index (χ0n) is 14.9. The Morgan fingerprint density at radius 1 is 1.14 bits per heavy atom. The first-order valence-electron chi connectivity index (χ1n) is 8.24. The van der Waals surface area contributed by atoms with Crippen LogP contribution in [-0.4, -0.2) is 23.9 Å². The lowest BCUT2D eigenvalue weighted by atomic mass is 9.96. The molecule has 0 fully saturated rings. The van der Waals surface area contributed by atoms with Crippen molar-refractivity contribution in [2.45, 2.75) is 19.1 Å². The average molecular weight is 391 g/mol. The summed E-state index contributed by atoms with van der Waals surface area (Å²) in [6.45, 7) is 1.19. The molecule has 146 valence electrons. The smallest absolute Gasteiger partial charge is 0.416 e. The number of benzene rings is 2. The zero-order valence-corrected chi connectivity index (χ0v) is 14.9. The van der Waals surface area contributed by atoms with Crippen molar-refractivity contribution < 1.29 is 32.6 Å². The number of rotatable bonds is 4. The van der Waals surface area contributed by atoms with Crippen LogP contribution in [0.15, 0.2) is 59.9 Å². The van der Waals surface area contributed by atoms with Gasteiger partial charge in [0.1, 0.15) is 5.75 Å². The maximum absolute atomic E-state index is 13.1.